The second-order valence-electron chi connectivity index (χ2n) is 5.52. The minimum Gasteiger partial charge on any atom is -0.454 e. The molecule has 0 amide bonds. The molecule has 2 aromatic carbocycles. The number of Topliss-reactive ketones (excluding diaryl/α,β-unsaturated/α-hetero) is 1. The molecule has 0 saturated carbocycles. The number of hydrogen-bond acceptors (Lipinski definition) is 4. The van der Waals surface area contributed by atoms with Crippen LogP contribution in [-0.4, -0.2) is 16.0 Å². The zero-order chi connectivity index (χ0) is 14.8. The standard InChI is InChI=1S/C17H14O4/c1-2-10-7-8-13-14(9-10)21-17(20)12-6-4-3-5-11(12)15(18)16(13,17)19/h3-9,19-20H,2H2,1H3. The van der Waals surface area contributed by atoms with Crippen LogP contribution in [0.1, 0.15) is 34.0 Å². The molecule has 1 aliphatic carbocycles. The molecule has 0 saturated heterocycles. The third-order valence-electron chi connectivity index (χ3n) is 4.46. The third-order valence-corrected chi connectivity index (χ3v) is 4.46. The number of ketones is 1. The van der Waals surface area contributed by atoms with Gasteiger partial charge in [-0.05, 0) is 18.1 Å². The molecular weight excluding hydrogens is 268 g/mol. The summed E-state index contributed by atoms with van der Waals surface area (Å²) in [6.07, 6.45) is 0.804. The van der Waals surface area contributed by atoms with Gasteiger partial charge in [0.2, 0.25) is 11.4 Å². The number of benzene rings is 2. The van der Waals surface area contributed by atoms with Gasteiger partial charge in [-0.3, -0.25) is 4.79 Å². The Labute approximate surface area is 121 Å². The van der Waals surface area contributed by atoms with Crippen LogP contribution >= 0.6 is 0 Å². The van der Waals surface area contributed by atoms with Gasteiger partial charge in [0.15, 0.2) is 0 Å². The van der Waals surface area contributed by atoms with Gasteiger partial charge in [-0.1, -0.05) is 43.3 Å². The predicted octanol–water partition coefficient (Wildman–Crippen LogP) is 1.87. The first-order valence-corrected chi connectivity index (χ1v) is 6.94. The highest BCUT2D eigenvalue weighted by Crippen LogP contribution is 2.57. The molecule has 4 rings (SSSR count). The van der Waals surface area contributed by atoms with Crippen molar-refractivity contribution in [1.82, 2.24) is 0 Å². The highest BCUT2D eigenvalue weighted by molar-refractivity contribution is 6.09. The number of carbonyl (C=O) groups is 1. The molecule has 2 N–H and O–H groups in total. The molecule has 1 heterocycles. The topological polar surface area (TPSA) is 66.8 Å². The molecule has 0 bridgehead atoms. The van der Waals surface area contributed by atoms with Crippen molar-refractivity contribution in [3.8, 4) is 5.75 Å². The van der Waals surface area contributed by atoms with E-state index in [9.17, 15) is 15.0 Å². The number of rotatable bonds is 1. The summed E-state index contributed by atoms with van der Waals surface area (Å²) in [5.74, 6) is -2.21. The summed E-state index contributed by atoms with van der Waals surface area (Å²) in [6, 6.07) is 11.9. The van der Waals surface area contributed by atoms with Crippen LogP contribution in [0.25, 0.3) is 0 Å². The van der Waals surface area contributed by atoms with Crippen molar-refractivity contribution in [2.45, 2.75) is 24.7 Å². The maximum absolute atomic E-state index is 12.6. The lowest BCUT2D eigenvalue weighted by Gasteiger charge is -2.28. The first-order chi connectivity index (χ1) is 10.0. The minimum absolute atomic E-state index is 0.299. The van der Waals surface area contributed by atoms with E-state index in [-0.39, 0.29) is 0 Å². The molecule has 106 valence electrons. The highest BCUT2D eigenvalue weighted by atomic mass is 16.7. The van der Waals surface area contributed by atoms with Crippen molar-refractivity contribution in [3.63, 3.8) is 0 Å². The molecule has 0 spiro atoms. The molecule has 4 heteroatoms. The van der Waals surface area contributed by atoms with Gasteiger partial charge in [0, 0.05) is 16.7 Å². The minimum atomic E-state index is -2.07. The second-order valence-corrected chi connectivity index (χ2v) is 5.52. The van der Waals surface area contributed by atoms with Crippen LogP contribution < -0.4 is 4.74 Å². The molecule has 2 aromatic rings. The Bertz CT molecular complexity index is 782. The average molecular weight is 282 g/mol. The van der Waals surface area contributed by atoms with Crippen LogP contribution in [0, 0.1) is 0 Å². The van der Waals surface area contributed by atoms with Gasteiger partial charge in [0.25, 0.3) is 5.79 Å². The van der Waals surface area contributed by atoms with Gasteiger partial charge >= 0.3 is 0 Å². The van der Waals surface area contributed by atoms with E-state index in [1.165, 1.54) is 0 Å². The first-order valence-electron chi connectivity index (χ1n) is 6.94. The van der Waals surface area contributed by atoms with Crippen LogP contribution in [0.3, 0.4) is 0 Å². The number of fused-ring (bicyclic) bond motifs is 5. The van der Waals surface area contributed by atoms with Gasteiger partial charge in [-0.15, -0.1) is 0 Å². The van der Waals surface area contributed by atoms with Crippen LogP contribution in [0.2, 0.25) is 0 Å². The largest absolute Gasteiger partial charge is 0.454 e. The summed E-state index contributed by atoms with van der Waals surface area (Å²) in [7, 11) is 0. The number of hydrogen-bond donors (Lipinski definition) is 2. The summed E-state index contributed by atoms with van der Waals surface area (Å²) < 4.78 is 5.65. The van der Waals surface area contributed by atoms with E-state index < -0.39 is 17.2 Å². The van der Waals surface area contributed by atoms with Gasteiger partial charge < -0.3 is 14.9 Å². The van der Waals surface area contributed by atoms with E-state index in [2.05, 4.69) is 0 Å². The first kappa shape index (κ1) is 12.6. The fourth-order valence-corrected chi connectivity index (χ4v) is 3.28. The number of aliphatic hydroxyl groups is 2. The monoisotopic (exact) mass is 282 g/mol. The normalized spacial score (nSPS) is 28.8. The molecule has 2 unspecified atom stereocenters. The van der Waals surface area contributed by atoms with Gasteiger partial charge in [-0.2, -0.15) is 0 Å². The van der Waals surface area contributed by atoms with Crippen LogP contribution in [-0.2, 0) is 17.8 Å². The number of ether oxygens (including phenoxy) is 1. The van der Waals surface area contributed by atoms with Crippen LogP contribution in [0.5, 0.6) is 5.75 Å². The Balaban J connectivity index is 2.00. The molecule has 0 aromatic heterocycles. The molecule has 21 heavy (non-hydrogen) atoms. The van der Waals surface area contributed by atoms with Crippen molar-refractivity contribution in [1.29, 1.82) is 0 Å². The molecule has 1 aliphatic heterocycles. The van der Waals surface area contributed by atoms with Crippen LogP contribution in [0.4, 0.5) is 0 Å². The SMILES string of the molecule is CCc1ccc2c(c1)OC1(O)c3ccccc3C(=O)C21O. The molecule has 0 radical (unpaired) electrons. The number of aryl methyl sites for hydroxylation is 1. The smallest absolute Gasteiger partial charge is 0.276 e. The second kappa shape index (κ2) is 3.72. The number of carbonyl (C=O) groups excluding carboxylic acids is 1. The van der Waals surface area contributed by atoms with Crippen molar-refractivity contribution in [3.05, 3.63) is 64.7 Å². The van der Waals surface area contributed by atoms with Gasteiger partial charge in [0.1, 0.15) is 5.75 Å². The molecule has 2 atom stereocenters. The van der Waals surface area contributed by atoms with E-state index in [4.69, 9.17) is 4.74 Å². The Morgan fingerprint density at radius 2 is 1.86 bits per heavy atom. The Kier molecular flexibility index (Phi) is 2.23. The summed E-state index contributed by atoms with van der Waals surface area (Å²) in [6.45, 7) is 2.00. The van der Waals surface area contributed by atoms with Crippen molar-refractivity contribution < 1.29 is 19.7 Å². The maximum Gasteiger partial charge on any atom is 0.276 e. The zero-order valence-electron chi connectivity index (χ0n) is 11.5. The fourth-order valence-electron chi connectivity index (χ4n) is 3.28. The van der Waals surface area contributed by atoms with Crippen molar-refractivity contribution in [2.24, 2.45) is 0 Å². The van der Waals surface area contributed by atoms with E-state index in [1.807, 2.05) is 13.0 Å². The molecule has 0 fully saturated rings. The lowest BCUT2D eigenvalue weighted by molar-refractivity contribution is -0.224. The summed E-state index contributed by atoms with van der Waals surface area (Å²) in [4.78, 5) is 12.6. The Morgan fingerprint density at radius 3 is 2.62 bits per heavy atom. The molecule has 4 nitrogen and oxygen atoms in total. The van der Waals surface area contributed by atoms with Gasteiger partial charge in [-0.25, -0.2) is 0 Å². The van der Waals surface area contributed by atoms with Crippen LogP contribution in [0.15, 0.2) is 42.5 Å². The van der Waals surface area contributed by atoms with Crippen molar-refractivity contribution in [2.75, 3.05) is 0 Å². The van der Waals surface area contributed by atoms with E-state index >= 15 is 0 Å². The van der Waals surface area contributed by atoms with E-state index in [0.717, 1.165) is 12.0 Å². The average Bonchev–Trinajstić information content (AvgIpc) is 2.84. The lowest BCUT2D eigenvalue weighted by atomic mass is 9.86. The summed E-state index contributed by atoms with van der Waals surface area (Å²) in [5, 5.41) is 21.9. The third kappa shape index (κ3) is 1.25. The summed E-state index contributed by atoms with van der Waals surface area (Å²) >= 11 is 0. The Morgan fingerprint density at radius 1 is 1.10 bits per heavy atom. The molecular formula is C17H14O4. The van der Waals surface area contributed by atoms with E-state index in [1.54, 1.807) is 36.4 Å². The predicted molar refractivity (Wildman–Crippen MR) is 75.0 cm³/mol. The van der Waals surface area contributed by atoms with E-state index in [0.29, 0.717) is 22.4 Å². The highest BCUT2D eigenvalue weighted by Gasteiger charge is 2.70. The maximum atomic E-state index is 12.6. The quantitative estimate of drug-likeness (QED) is 0.838. The fraction of sp³-hybridized carbons (Fsp3) is 0.235. The molecule has 2 aliphatic rings. The lowest BCUT2D eigenvalue weighted by Crippen LogP contribution is -2.48. The van der Waals surface area contributed by atoms with Gasteiger partial charge in [0.05, 0.1) is 0 Å². The Hall–Kier alpha value is -2.17. The summed E-state index contributed by atoms with van der Waals surface area (Å²) in [5.41, 5.74) is -0.123. The van der Waals surface area contributed by atoms with Crippen molar-refractivity contribution >= 4 is 5.78 Å². The zero-order valence-corrected chi connectivity index (χ0v) is 11.5.